The third kappa shape index (κ3) is 2.34. The second-order valence-electron chi connectivity index (χ2n) is 4.28. The van der Waals surface area contributed by atoms with Gasteiger partial charge in [0.25, 0.3) is 0 Å². The van der Waals surface area contributed by atoms with E-state index in [2.05, 4.69) is 0 Å². The lowest BCUT2D eigenvalue weighted by Gasteiger charge is -2.34. The maximum atomic E-state index is 11.8. The normalized spacial score (nSPS) is 22.6. The first-order valence-corrected chi connectivity index (χ1v) is 5.35. The highest BCUT2D eigenvalue weighted by molar-refractivity contribution is 5.89. The lowest BCUT2D eigenvalue weighted by molar-refractivity contribution is -0.141. The minimum atomic E-state index is -0.152. The average Bonchev–Trinajstić information content (AvgIpc) is 2.16. The monoisotopic (exact) mass is 197 g/mol. The van der Waals surface area contributed by atoms with Gasteiger partial charge in [0.05, 0.1) is 6.04 Å². The molecule has 1 aliphatic rings. The molecular formula is C11H19NO2. The van der Waals surface area contributed by atoms with Gasteiger partial charge < -0.3 is 4.90 Å². The van der Waals surface area contributed by atoms with Crippen molar-refractivity contribution in [2.75, 3.05) is 6.54 Å². The molecule has 1 fully saturated rings. The Bertz CT molecular complexity index is 235. The zero-order valence-electron chi connectivity index (χ0n) is 9.25. The van der Waals surface area contributed by atoms with Crippen LogP contribution in [0.1, 0.15) is 40.0 Å². The van der Waals surface area contributed by atoms with Crippen molar-refractivity contribution in [2.45, 2.75) is 46.1 Å². The molecule has 1 amide bonds. The van der Waals surface area contributed by atoms with Gasteiger partial charge in [0.2, 0.25) is 5.91 Å². The van der Waals surface area contributed by atoms with Crippen LogP contribution in [0.2, 0.25) is 0 Å². The summed E-state index contributed by atoms with van der Waals surface area (Å²) < 4.78 is 0. The van der Waals surface area contributed by atoms with E-state index in [0.717, 1.165) is 25.8 Å². The molecule has 0 spiro atoms. The largest absolute Gasteiger partial charge is 0.333 e. The number of carbonyl (C=O) groups is 2. The van der Waals surface area contributed by atoms with Crippen molar-refractivity contribution in [3.8, 4) is 0 Å². The van der Waals surface area contributed by atoms with Crippen LogP contribution < -0.4 is 0 Å². The van der Waals surface area contributed by atoms with Crippen molar-refractivity contribution in [2.24, 2.45) is 5.92 Å². The number of nitrogens with zero attached hydrogens (tertiary/aromatic N) is 1. The van der Waals surface area contributed by atoms with E-state index in [1.807, 2.05) is 13.8 Å². The number of Topliss-reactive ketones (excluding diaryl/α,β-unsaturated/α-hetero) is 1. The number of rotatable bonds is 2. The van der Waals surface area contributed by atoms with E-state index in [9.17, 15) is 9.59 Å². The number of hydrogen-bond donors (Lipinski definition) is 0. The Kier molecular flexibility index (Phi) is 3.67. The summed E-state index contributed by atoms with van der Waals surface area (Å²) >= 11 is 0. The molecule has 1 rings (SSSR count). The molecule has 1 aliphatic heterocycles. The highest BCUT2D eigenvalue weighted by atomic mass is 16.2. The number of likely N-dealkylation sites (tertiary alicyclic amines) is 1. The number of carbonyl (C=O) groups excluding carboxylic acids is 2. The molecule has 3 heteroatoms. The molecule has 0 aromatic rings. The van der Waals surface area contributed by atoms with Gasteiger partial charge in [-0.15, -0.1) is 0 Å². The Hall–Kier alpha value is -0.860. The Balaban J connectivity index is 2.72. The molecule has 1 atom stereocenters. The number of hydrogen-bond acceptors (Lipinski definition) is 2. The SMILES string of the molecule is CC(=O)N1CCCCC1C(=O)C(C)C. The summed E-state index contributed by atoms with van der Waals surface area (Å²) in [6.07, 6.45) is 2.94. The quantitative estimate of drug-likeness (QED) is 0.674. The summed E-state index contributed by atoms with van der Waals surface area (Å²) in [6.45, 7) is 6.09. The van der Waals surface area contributed by atoms with Crippen LogP contribution in [0.15, 0.2) is 0 Å². The van der Waals surface area contributed by atoms with Gasteiger partial charge in [-0.25, -0.2) is 0 Å². The van der Waals surface area contributed by atoms with E-state index in [1.165, 1.54) is 0 Å². The van der Waals surface area contributed by atoms with Crippen LogP contribution >= 0.6 is 0 Å². The molecule has 0 radical (unpaired) electrons. The van der Waals surface area contributed by atoms with E-state index in [4.69, 9.17) is 0 Å². The summed E-state index contributed by atoms with van der Waals surface area (Å²) in [5.41, 5.74) is 0. The van der Waals surface area contributed by atoms with E-state index < -0.39 is 0 Å². The smallest absolute Gasteiger partial charge is 0.220 e. The third-order valence-electron chi connectivity index (χ3n) is 2.80. The standard InChI is InChI=1S/C11H19NO2/c1-8(2)11(14)10-6-4-5-7-12(10)9(3)13/h8,10H,4-7H2,1-3H3. The van der Waals surface area contributed by atoms with E-state index in [-0.39, 0.29) is 23.7 Å². The molecule has 3 nitrogen and oxygen atoms in total. The molecule has 1 unspecified atom stereocenters. The molecule has 0 aromatic heterocycles. The van der Waals surface area contributed by atoms with Gasteiger partial charge >= 0.3 is 0 Å². The van der Waals surface area contributed by atoms with Crippen LogP contribution in [0.25, 0.3) is 0 Å². The Labute approximate surface area is 85.5 Å². The fourth-order valence-electron chi connectivity index (χ4n) is 1.99. The van der Waals surface area contributed by atoms with Crippen molar-refractivity contribution in [1.29, 1.82) is 0 Å². The minimum Gasteiger partial charge on any atom is -0.333 e. The lowest BCUT2D eigenvalue weighted by atomic mass is 9.92. The van der Waals surface area contributed by atoms with E-state index >= 15 is 0 Å². The Morgan fingerprint density at radius 3 is 2.43 bits per heavy atom. The second-order valence-corrected chi connectivity index (χ2v) is 4.28. The van der Waals surface area contributed by atoms with Gasteiger partial charge in [0.15, 0.2) is 5.78 Å². The Morgan fingerprint density at radius 2 is 1.93 bits per heavy atom. The van der Waals surface area contributed by atoms with Gasteiger partial charge in [0, 0.05) is 19.4 Å². The van der Waals surface area contributed by atoms with Crippen molar-refractivity contribution in [3.05, 3.63) is 0 Å². The first kappa shape index (κ1) is 11.2. The van der Waals surface area contributed by atoms with E-state index in [0.29, 0.717) is 0 Å². The molecule has 0 N–H and O–H groups in total. The molecule has 0 aromatic carbocycles. The Morgan fingerprint density at radius 1 is 1.29 bits per heavy atom. The van der Waals surface area contributed by atoms with Crippen LogP contribution in [0, 0.1) is 5.92 Å². The van der Waals surface area contributed by atoms with Crippen molar-refractivity contribution in [3.63, 3.8) is 0 Å². The predicted molar refractivity (Wildman–Crippen MR) is 54.9 cm³/mol. The van der Waals surface area contributed by atoms with Gasteiger partial charge in [0.1, 0.15) is 0 Å². The highest BCUT2D eigenvalue weighted by Crippen LogP contribution is 2.20. The maximum absolute atomic E-state index is 11.8. The van der Waals surface area contributed by atoms with Crippen LogP contribution in [0.3, 0.4) is 0 Å². The van der Waals surface area contributed by atoms with Crippen LogP contribution in [0.5, 0.6) is 0 Å². The highest BCUT2D eigenvalue weighted by Gasteiger charge is 2.31. The molecule has 0 aliphatic carbocycles. The van der Waals surface area contributed by atoms with Crippen LogP contribution in [0.4, 0.5) is 0 Å². The lowest BCUT2D eigenvalue weighted by Crippen LogP contribution is -2.48. The van der Waals surface area contributed by atoms with Gasteiger partial charge in [-0.3, -0.25) is 9.59 Å². The van der Waals surface area contributed by atoms with E-state index in [1.54, 1.807) is 11.8 Å². The first-order chi connectivity index (χ1) is 6.54. The fourth-order valence-corrected chi connectivity index (χ4v) is 1.99. The molecule has 1 heterocycles. The molecular weight excluding hydrogens is 178 g/mol. The summed E-state index contributed by atoms with van der Waals surface area (Å²) in [4.78, 5) is 24.9. The molecule has 80 valence electrons. The van der Waals surface area contributed by atoms with Crippen molar-refractivity contribution in [1.82, 2.24) is 4.90 Å². The molecule has 0 bridgehead atoms. The molecule has 0 saturated carbocycles. The second kappa shape index (κ2) is 4.58. The minimum absolute atomic E-state index is 0.0277. The van der Waals surface area contributed by atoms with Gasteiger partial charge in [-0.2, -0.15) is 0 Å². The number of piperidine rings is 1. The average molecular weight is 197 g/mol. The topological polar surface area (TPSA) is 37.4 Å². The number of ketones is 1. The summed E-state index contributed by atoms with van der Waals surface area (Å²) in [6, 6.07) is -0.152. The zero-order chi connectivity index (χ0) is 10.7. The van der Waals surface area contributed by atoms with Crippen molar-refractivity contribution < 1.29 is 9.59 Å². The molecule has 14 heavy (non-hydrogen) atoms. The van der Waals surface area contributed by atoms with Crippen LogP contribution in [-0.2, 0) is 9.59 Å². The molecule has 1 saturated heterocycles. The first-order valence-electron chi connectivity index (χ1n) is 5.35. The zero-order valence-corrected chi connectivity index (χ0v) is 9.25. The van der Waals surface area contributed by atoms with Crippen LogP contribution in [-0.4, -0.2) is 29.2 Å². The number of amides is 1. The van der Waals surface area contributed by atoms with Gasteiger partial charge in [-0.05, 0) is 19.3 Å². The predicted octanol–water partition coefficient (Wildman–Crippen LogP) is 1.61. The third-order valence-corrected chi connectivity index (χ3v) is 2.80. The summed E-state index contributed by atoms with van der Waals surface area (Å²) in [5, 5.41) is 0. The summed E-state index contributed by atoms with van der Waals surface area (Å²) in [7, 11) is 0. The summed E-state index contributed by atoms with van der Waals surface area (Å²) in [5.74, 6) is 0.267. The van der Waals surface area contributed by atoms with Crippen molar-refractivity contribution >= 4 is 11.7 Å². The van der Waals surface area contributed by atoms with Gasteiger partial charge in [-0.1, -0.05) is 13.8 Å². The maximum Gasteiger partial charge on any atom is 0.220 e. The fraction of sp³-hybridized carbons (Fsp3) is 0.818.